The number of carbonyl (C=O) groups is 1. The molecule has 0 heterocycles. The van der Waals surface area contributed by atoms with Gasteiger partial charge in [-0.1, -0.05) is 19.8 Å². The van der Waals surface area contributed by atoms with Gasteiger partial charge in [-0.25, -0.2) is 0 Å². The highest BCUT2D eigenvalue weighted by Gasteiger charge is 2.11. The normalized spacial score (nSPS) is 10.2. The summed E-state index contributed by atoms with van der Waals surface area (Å²) in [4.78, 5) is 13.1. The van der Waals surface area contributed by atoms with Gasteiger partial charge in [-0.3, -0.25) is 4.79 Å². The molecule has 0 radical (unpaired) electrons. The van der Waals surface area contributed by atoms with Crippen LogP contribution in [0.15, 0.2) is 23.1 Å². The van der Waals surface area contributed by atoms with E-state index in [0.29, 0.717) is 11.3 Å². The molecule has 0 aliphatic heterocycles. The third-order valence-electron chi connectivity index (χ3n) is 2.72. The number of hydrogen-bond acceptors (Lipinski definition) is 3. The van der Waals surface area contributed by atoms with E-state index in [1.54, 1.807) is 18.9 Å². The van der Waals surface area contributed by atoms with Crippen molar-refractivity contribution in [3.8, 4) is 5.75 Å². The Labute approximate surface area is 113 Å². The van der Waals surface area contributed by atoms with Crippen molar-refractivity contribution in [3.63, 3.8) is 0 Å². The first-order valence-corrected chi connectivity index (χ1v) is 7.45. The van der Waals surface area contributed by atoms with E-state index in [2.05, 4.69) is 12.2 Å². The van der Waals surface area contributed by atoms with Crippen molar-refractivity contribution in [3.05, 3.63) is 23.8 Å². The Morgan fingerprint density at radius 1 is 1.39 bits per heavy atom. The summed E-state index contributed by atoms with van der Waals surface area (Å²) >= 11 is 1.63. The summed E-state index contributed by atoms with van der Waals surface area (Å²) in [6.07, 6.45) is 5.32. The molecule has 18 heavy (non-hydrogen) atoms. The van der Waals surface area contributed by atoms with Crippen molar-refractivity contribution >= 4 is 17.7 Å². The van der Waals surface area contributed by atoms with Crippen LogP contribution in [0.2, 0.25) is 0 Å². The predicted octanol–water partition coefficient (Wildman–Crippen LogP) is 3.34. The second kappa shape index (κ2) is 8.03. The van der Waals surface area contributed by atoms with Crippen LogP contribution < -0.4 is 10.1 Å². The molecule has 0 saturated heterocycles. The van der Waals surface area contributed by atoms with Crippen molar-refractivity contribution in [2.45, 2.75) is 31.1 Å². The molecule has 3 nitrogen and oxygen atoms in total. The molecule has 0 aromatic heterocycles. The molecule has 1 rings (SSSR count). The molecule has 1 aromatic rings. The maximum absolute atomic E-state index is 12.0. The number of carbonyl (C=O) groups excluding carboxylic acids is 1. The molecule has 1 aromatic carbocycles. The molecular formula is C14H21NO2S. The Bertz CT molecular complexity index is 393. The molecule has 0 unspecified atom stereocenters. The first-order valence-electron chi connectivity index (χ1n) is 6.23. The summed E-state index contributed by atoms with van der Waals surface area (Å²) in [6, 6.07) is 5.65. The van der Waals surface area contributed by atoms with E-state index in [1.165, 1.54) is 0 Å². The molecular weight excluding hydrogens is 246 g/mol. The Kier molecular flexibility index (Phi) is 6.65. The van der Waals surface area contributed by atoms with E-state index in [9.17, 15) is 4.79 Å². The van der Waals surface area contributed by atoms with Gasteiger partial charge in [0.05, 0.1) is 12.7 Å². The third-order valence-corrected chi connectivity index (χ3v) is 3.44. The van der Waals surface area contributed by atoms with E-state index < -0.39 is 0 Å². The first kappa shape index (κ1) is 14.9. The predicted molar refractivity (Wildman–Crippen MR) is 76.6 cm³/mol. The summed E-state index contributed by atoms with van der Waals surface area (Å²) in [7, 11) is 1.59. The Hall–Kier alpha value is -1.16. The molecule has 100 valence electrons. The summed E-state index contributed by atoms with van der Waals surface area (Å²) in [6.45, 7) is 2.87. The van der Waals surface area contributed by atoms with Gasteiger partial charge in [0.15, 0.2) is 0 Å². The van der Waals surface area contributed by atoms with E-state index in [1.807, 2.05) is 24.5 Å². The lowest BCUT2D eigenvalue weighted by Crippen LogP contribution is -2.24. The van der Waals surface area contributed by atoms with Gasteiger partial charge in [0, 0.05) is 11.4 Å². The molecule has 4 heteroatoms. The summed E-state index contributed by atoms with van der Waals surface area (Å²) < 4.78 is 5.26. The smallest absolute Gasteiger partial charge is 0.255 e. The number of ether oxygens (including phenoxy) is 1. The van der Waals surface area contributed by atoms with Crippen LogP contribution in [0.3, 0.4) is 0 Å². The van der Waals surface area contributed by atoms with Crippen LogP contribution in [-0.2, 0) is 0 Å². The monoisotopic (exact) mass is 267 g/mol. The Morgan fingerprint density at radius 3 is 2.78 bits per heavy atom. The topological polar surface area (TPSA) is 38.3 Å². The number of unbranched alkanes of at least 4 members (excludes halogenated alkanes) is 2. The maximum atomic E-state index is 12.0. The largest absolute Gasteiger partial charge is 0.496 e. The van der Waals surface area contributed by atoms with Crippen molar-refractivity contribution in [2.24, 2.45) is 0 Å². The van der Waals surface area contributed by atoms with Gasteiger partial charge in [-0.15, -0.1) is 11.8 Å². The zero-order chi connectivity index (χ0) is 13.4. The minimum absolute atomic E-state index is 0.0596. The van der Waals surface area contributed by atoms with Crippen LogP contribution in [0.25, 0.3) is 0 Å². The fraction of sp³-hybridized carbons (Fsp3) is 0.500. The number of rotatable bonds is 7. The number of amides is 1. The highest BCUT2D eigenvalue weighted by atomic mass is 32.2. The van der Waals surface area contributed by atoms with Gasteiger partial charge < -0.3 is 10.1 Å². The van der Waals surface area contributed by atoms with Crippen LogP contribution in [0.5, 0.6) is 5.75 Å². The van der Waals surface area contributed by atoms with Gasteiger partial charge in [-0.2, -0.15) is 0 Å². The molecule has 0 spiro atoms. The number of nitrogens with one attached hydrogen (secondary N) is 1. The third kappa shape index (κ3) is 4.26. The van der Waals surface area contributed by atoms with Gasteiger partial charge in [0.1, 0.15) is 5.75 Å². The van der Waals surface area contributed by atoms with E-state index >= 15 is 0 Å². The van der Waals surface area contributed by atoms with E-state index in [4.69, 9.17) is 4.74 Å². The first-order chi connectivity index (χ1) is 8.72. The summed E-state index contributed by atoms with van der Waals surface area (Å²) in [5, 5.41) is 2.92. The summed E-state index contributed by atoms with van der Waals surface area (Å²) in [5.74, 6) is 0.574. The summed E-state index contributed by atoms with van der Waals surface area (Å²) in [5.41, 5.74) is 0.604. The highest BCUT2D eigenvalue weighted by molar-refractivity contribution is 7.98. The molecule has 0 aliphatic rings. The van der Waals surface area contributed by atoms with Crippen LogP contribution in [-0.4, -0.2) is 25.8 Å². The van der Waals surface area contributed by atoms with Crippen molar-refractivity contribution in [1.82, 2.24) is 5.32 Å². The minimum Gasteiger partial charge on any atom is -0.496 e. The molecule has 1 amide bonds. The van der Waals surface area contributed by atoms with E-state index in [-0.39, 0.29) is 5.91 Å². The van der Waals surface area contributed by atoms with Gasteiger partial charge in [-0.05, 0) is 30.9 Å². The molecule has 0 bridgehead atoms. The average Bonchev–Trinajstić information content (AvgIpc) is 2.42. The standard InChI is InChI=1S/C14H21NO2S/c1-4-5-6-9-15-14(16)12-8-7-11(18-3)10-13(12)17-2/h7-8,10H,4-6,9H2,1-3H3,(H,15,16). The maximum Gasteiger partial charge on any atom is 0.255 e. The average molecular weight is 267 g/mol. The number of benzene rings is 1. The second-order valence-electron chi connectivity index (χ2n) is 4.03. The van der Waals surface area contributed by atoms with Gasteiger partial charge in [0.2, 0.25) is 0 Å². The fourth-order valence-electron chi connectivity index (χ4n) is 1.66. The Balaban J connectivity index is 2.66. The number of methoxy groups -OCH3 is 1. The van der Waals surface area contributed by atoms with Gasteiger partial charge in [0.25, 0.3) is 5.91 Å². The molecule has 0 saturated carbocycles. The molecule has 0 aliphatic carbocycles. The lowest BCUT2D eigenvalue weighted by Gasteiger charge is -2.10. The fourth-order valence-corrected chi connectivity index (χ4v) is 2.09. The Morgan fingerprint density at radius 2 is 2.17 bits per heavy atom. The number of thioether (sulfide) groups is 1. The number of hydrogen-bond donors (Lipinski definition) is 1. The highest BCUT2D eigenvalue weighted by Crippen LogP contribution is 2.25. The molecule has 1 N–H and O–H groups in total. The van der Waals surface area contributed by atoms with Crippen molar-refractivity contribution in [1.29, 1.82) is 0 Å². The van der Waals surface area contributed by atoms with Crippen molar-refractivity contribution < 1.29 is 9.53 Å². The van der Waals surface area contributed by atoms with Crippen LogP contribution in [0.4, 0.5) is 0 Å². The zero-order valence-electron chi connectivity index (χ0n) is 11.3. The quantitative estimate of drug-likeness (QED) is 0.608. The minimum atomic E-state index is -0.0596. The second-order valence-corrected chi connectivity index (χ2v) is 4.91. The zero-order valence-corrected chi connectivity index (χ0v) is 12.1. The lowest BCUT2D eigenvalue weighted by molar-refractivity contribution is 0.0950. The van der Waals surface area contributed by atoms with Gasteiger partial charge >= 0.3 is 0 Å². The van der Waals surface area contributed by atoms with Crippen molar-refractivity contribution in [2.75, 3.05) is 19.9 Å². The SMILES string of the molecule is CCCCCNC(=O)c1ccc(SC)cc1OC. The van der Waals surface area contributed by atoms with Crippen LogP contribution >= 0.6 is 11.8 Å². The molecule has 0 fully saturated rings. The van der Waals surface area contributed by atoms with Crippen LogP contribution in [0.1, 0.15) is 36.5 Å². The van der Waals surface area contributed by atoms with Crippen LogP contribution in [0, 0.1) is 0 Å². The molecule has 0 atom stereocenters. The van der Waals surface area contributed by atoms with E-state index in [0.717, 1.165) is 30.7 Å². The lowest BCUT2D eigenvalue weighted by atomic mass is 10.2.